The van der Waals surface area contributed by atoms with E-state index < -0.39 is 0 Å². The van der Waals surface area contributed by atoms with Crippen LogP contribution in [0.15, 0.2) is 34.3 Å². The lowest BCUT2D eigenvalue weighted by molar-refractivity contribution is 0.251. The van der Waals surface area contributed by atoms with Gasteiger partial charge in [-0.05, 0) is 19.1 Å². The zero-order valence-electron chi connectivity index (χ0n) is 10.7. The number of nitrogens with one attached hydrogen (secondary N) is 2. The number of urea groups is 1. The van der Waals surface area contributed by atoms with Gasteiger partial charge in [0.1, 0.15) is 5.69 Å². The van der Waals surface area contributed by atoms with Crippen molar-refractivity contribution < 1.29 is 9.32 Å². The lowest BCUT2D eigenvalue weighted by Crippen LogP contribution is -2.28. The van der Waals surface area contributed by atoms with Gasteiger partial charge in [-0.15, -0.1) is 11.3 Å². The Morgan fingerprint density at radius 1 is 1.45 bits per heavy atom. The van der Waals surface area contributed by atoms with Crippen molar-refractivity contribution in [3.05, 3.63) is 41.0 Å². The molecule has 7 heteroatoms. The Hall–Kier alpha value is -2.41. The normalized spacial score (nSPS) is 10.7. The quantitative estimate of drug-likeness (QED) is 0.776. The van der Waals surface area contributed by atoms with Gasteiger partial charge >= 0.3 is 6.03 Å². The number of rotatable bonds is 3. The van der Waals surface area contributed by atoms with E-state index in [9.17, 15) is 4.79 Å². The molecule has 0 atom stereocenters. The van der Waals surface area contributed by atoms with E-state index in [2.05, 4.69) is 20.8 Å². The molecule has 0 saturated carbocycles. The molecule has 20 heavy (non-hydrogen) atoms. The highest BCUT2D eigenvalue weighted by Gasteiger charge is 2.10. The molecule has 1 aromatic carbocycles. The number of hydrogen-bond donors (Lipinski definition) is 2. The van der Waals surface area contributed by atoms with E-state index >= 15 is 0 Å². The minimum absolute atomic E-state index is 0.299. The molecule has 0 unspecified atom stereocenters. The van der Waals surface area contributed by atoms with Crippen LogP contribution in [-0.2, 0) is 6.54 Å². The highest BCUT2D eigenvalue weighted by Crippen LogP contribution is 2.19. The molecule has 2 amide bonds. The summed E-state index contributed by atoms with van der Waals surface area (Å²) in [5, 5.41) is 12.6. The minimum Gasteiger partial charge on any atom is -0.356 e. The van der Waals surface area contributed by atoms with Gasteiger partial charge in [0.2, 0.25) is 0 Å². The van der Waals surface area contributed by atoms with Crippen LogP contribution in [0.25, 0.3) is 11.0 Å². The first-order valence-corrected chi connectivity index (χ1v) is 6.89. The summed E-state index contributed by atoms with van der Waals surface area (Å²) in [4.78, 5) is 15.7. The second-order valence-corrected chi connectivity index (χ2v) is 5.17. The smallest absolute Gasteiger partial charge is 0.321 e. The molecule has 0 aliphatic carbocycles. The molecule has 0 saturated heterocycles. The SMILES string of the molecule is Cc1ccc2onc(CNC(=O)Nc3nccs3)c2c1. The summed E-state index contributed by atoms with van der Waals surface area (Å²) in [5.74, 6) is 0. The number of hydrogen-bond acceptors (Lipinski definition) is 5. The van der Waals surface area contributed by atoms with Gasteiger partial charge in [0, 0.05) is 17.0 Å². The molecule has 3 aromatic rings. The molecule has 2 aromatic heterocycles. The Kier molecular flexibility index (Phi) is 3.34. The van der Waals surface area contributed by atoms with Gasteiger partial charge in [0.25, 0.3) is 0 Å². The van der Waals surface area contributed by atoms with Crippen LogP contribution in [0.3, 0.4) is 0 Å². The van der Waals surface area contributed by atoms with Crippen molar-refractivity contribution in [3.63, 3.8) is 0 Å². The number of aromatic nitrogens is 2. The molecule has 0 aliphatic heterocycles. The number of amides is 2. The van der Waals surface area contributed by atoms with Crippen molar-refractivity contribution in [2.24, 2.45) is 0 Å². The molecule has 2 heterocycles. The molecule has 0 spiro atoms. The fourth-order valence-corrected chi connectivity index (χ4v) is 2.34. The van der Waals surface area contributed by atoms with Gasteiger partial charge in [-0.1, -0.05) is 16.8 Å². The highest BCUT2D eigenvalue weighted by atomic mass is 32.1. The maximum absolute atomic E-state index is 11.7. The average Bonchev–Trinajstić information content (AvgIpc) is 3.05. The molecule has 6 nitrogen and oxygen atoms in total. The maximum Gasteiger partial charge on any atom is 0.321 e. The number of thiazole rings is 1. The van der Waals surface area contributed by atoms with Crippen LogP contribution in [0.4, 0.5) is 9.93 Å². The van der Waals surface area contributed by atoms with Gasteiger partial charge < -0.3 is 9.84 Å². The number of nitrogens with zero attached hydrogens (tertiary/aromatic N) is 2. The van der Waals surface area contributed by atoms with Gasteiger partial charge in [-0.3, -0.25) is 5.32 Å². The monoisotopic (exact) mass is 288 g/mol. The van der Waals surface area contributed by atoms with Crippen molar-refractivity contribution in [3.8, 4) is 0 Å². The molecule has 3 rings (SSSR count). The molecule has 0 bridgehead atoms. The van der Waals surface area contributed by atoms with Crippen LogP contribution in [0, 0.1) is 6.92 Å². The maximum atomic E-state index is 11.7. The molecule has 0 radical (unpaired) electrons. The van der Waals surface area contributed by atoms with E-state index in [-0.39, 0.29) is 6.03 Å². The van der Waals surface area contributed by atoms with E-state index in [1.54, 1.807) is 11.6 Å². The van der Waals surface area contributed by atoms with Gasteiger partial charge in [-0.2, -0.15) is 0 Å². The standard InChI is InChI=1S/C13H12N4O2S/c1-8-2-3-11-9(6-8)10(17-19-11)7-15-12(18)16-13-14-4-5-20-13/h2-6H,7H2,1H3,(H2,14,15,16,18). The Morgan fingerprint density at radius 2 is 2.35 bits per heavy atom. The number of fused-ring (bicyclic) bond motifs is 1. The van der Waals surface area contributed by atoms with Crippen LogP contribution in [0.2, 0.25) is 0 Å². The average molecular weight is 288 g/mol. The summed E-state index contributed by atoms with van der Waals surface area (Å²) < 4.78 is 5.21. The second kappa shape index (κ2) is 5.30. The number of carbonyl (C=O) groups is 1. The van der Waals surface area contributed by atoms with E-state index in [0.717, 1.165) is 10.9 Å². The fraction of sp³-hybridized carbons (Fsp3) is 0.154. The number of carbonyl (C=O) groups excluding carboxylic acids is 1. The van der Waals surface area contributed by atoms with Gasteiger partial charge in [0.05, 0.1) is 6.54 Å². The van der Waals surface area contributed by atoms with Crippen LogP contribution in [-0.4, -0.2) is 16.2 Å². The molecule has 2 N–H and O–H groups in total. The number of aryl methyl sites for hydroxylation is 1. The van der Waals surface area contributed by atoms with E-state index in [0.29, 0.717) is 23.0 Å². The predicted molar refractivity (Wildman–Crippen MR) is 76.7 cm³/mol. The zero-order valence-corrected chi connectivity index (χ0v) is 11.5. The Balaban J connectivity index is 1.67. The first kappa shape index (κ1) is 12.6. The van der Waals surface area contributed by atoms with Crippen molar-refractivity contribution in [1.29, 1.82) is 0 Å². The molecular formula is C13H12N4O2S. The Labute approximate surface area is 118 Å². The van der Waals surface area contributed by atoms with Crippen LogP contribution in [0.1, 0.15) is 11.3 Å². The van der Waals surface area contributed by atoms with E-state index in [4.69, 9.17) is 4.52 Å². The van der Waals surface area contributed by atoms with Crippen LogP contribution in [0.5, 0.6) is 0 Å². The van der Waals surface area contributed by atoms with Crippen molar-refractivity contribution >= 4 is 33.5 Å². The third kappa shape index (κ3) is 2.62. The first-order chi connectivity index (χ1) is 9.72. The summed E-state index contributed by atoms with van der Waals surface area (Å²) in [7, 11) is 0. The topological polar surface area (TPSA) is 80.0 Å². The molecule has 0 aliphatic rings. The molecule has 102 valence electrons. The van der Waals surface area contributed by atoms with Gasteiger partial charge in [-0.25, -0.2) is 9.78 Å². The third-order valence-corrected chi connectivity index (χ3v) is 3.46. The predicted octanol–water partition coefficient (Wildman–Crippen LogP) is 2.91. The summed E-state index contributed by atoms with van der Waals surface area (Å²) in [6, 6.07) is 5.50. The Bertz CT molecular complexity index is 736. The number of benzene rings is 1. The van der Waals surface area contributed by atoms with Gasteiger partial charge in [0.15, 0.2) is 10.7 Å². The van der Waals surface area contributed by atoms with Crippen LogP contribution >= 0.6 is 11.3 Å². The van der Waals surface area contributed by atoms with E-state index in [1.165, 1.54) is 11.3 Å². The lowest BCUT2D eigenvalue weighted by Gasteiger charge is -2.03. The second-order valence-electron chi connectivity index (χ2n) is 4.27. The first-order valence-electron chi connectivity index (χ1n) is 6.01. The van der Waals surface area contributed by atoms with E-state index in [1.807, 2.05) is 25.1 Å². The molecular weight excluding hydrogens is 276 g/mol. The minimum atomic E-state index is -0.316. The lowest BCUT2D eigenvalue weighted by atomic mass is 10.1. The summed E-state index contributed by atoms with van der Waals surface area (Å²) >= 11 is 1.36. The third-order valence-electron chi connectivity index (χ3n) is 2.77. The van der Waals surface area contributed by atoms with Crippen molar-refractivity contribution in [2.45, 2.75) is 13.5 Å². The van der Waals surface area contributed by atoms with Crippen LogP contribution < -0.4 is 10.6 Å². The number of anilines is 1. The summed E-state index contributed by atoms with van der Waals surface area (Å²) in [6.07, 6.45) is 1.63. The largest absolute Gasteiger partial charge is 0.356 e. The molecule has 0 fully saturated rings. The highest BCUT2D eigenvalue weighted by molar-refractivity contribution is 7.13. The Morgan fingerprint density at radius 3 is 3.15 bits per heavy atom. The fourth-order valence-electron chi connectivity index (χ4n) is 1.82. The zero-order chi connectivity index (χ0) is 13.9. The van der Waals surface area contributed by atoms with Crippen molar-refractivity contribution in [2.75, 3.05) is 5.32 Å². The summed E-state index contributed by atoms with van der Waals surface area (Å²) in [5.41, 5.74) is 2.54. The van der Waals surface area contributed by atoms with Crippen molar-refractivity contribution in [1.82, 2.24) is 15.5 Å². The summed E-state index contributed by atoms with van der Waals surface area (Å²) in [6.45, 7) is 2.30.